The van der Waals surface area contributed by atoms with Gasteiger partial charge in [-0.3, -0.25) is 0 Å². The fourth-order valence-corrected chi connectivity index (χ4v) is 3.15. The van der Waals surface area contributed by atoms with Gasteiger partial charge in [0.25, 0.3) is 0 Å². The van der Waals surface area contributed by atoms with Crippen LogP contribution in [0, 0.1) is 0 Å². The Hall–Kier alpha value is -1.80. The van der Waals surface area contributed by atoms with Crippen LogP contribution in [0.2, 0.25) is 0 Å². The Labute approximate surface area is 133 Å². The summed E-state index contributed by atoms with van der Waals surface area (Å²) >= 11 is 3.81. The van der Waals surface area contributed by atoms with E-state index in [0.717, 1.165) is 12.2 Å². The van der Waals surface area contributed by atoms with Gasteiger partial charge in [0.15, 0.2) is 0 Å². The zero-order chi connectivity index (χ0) is 14.7. The van der Waals surface area contributed by atoms with E-state index in [1.807, 2.05) is 12.1 Å². The van der Waals surface area contributed by atoms with Crippen LogP contribution < -0.4 is 4.74 Å². The number of benzene rings is 3. The van der Waals surface area contributed by atoms with E-state index in [1.165, 1.54) is 21.9 Å². The van der Waals surface area contributed by atoms with Crippen LogP contribution in [0.15, 0.2) is 66.7 Å². The Balaban J connectivity index is 1.80. The number of halogens is 1. The monoisotopic (exact) mass is 340 g/mol. The molecule has 106 valence electrons. The van der Waals surface area contributed by atoms with Crippen LogP contribution in [-0.4, -0.2) is 7.11 Å². The Morgan fingerprint density at radius 1 is 0.905 bits per heavy atom. The van der Waals surface area contributed by atoms with Crippen molar-refractivity contribution in [1.82, 2.24) is 0 Å². The zero-order valence-corrected chi connectivity index (χ0v) is 13.5. The number of rotatable bonds is 4. The summed E-state index contributed by atoms with van der Waals surface area (Å²) in [5.41, 5.74) is 2.61. The van der Waals surface area contributed by atoms with Crippen LogP contribution in [0.5, 0.6) is 5.75 Å². The molecule has 0 bridgehead atoms. The van der Waals surface area contributed by atoms with Gasteiger partial charge in [-0.2, -0.15) is 0 Å². The third-order valence-electron chi connectivity index (χ3n) is 3.71. The second-order valence-corrected chi connectivity index (χ2v) is 6.23. The second kappa shape index (κ2) is 6.31. The number of ether oxygens (including phenoxy) is 1. The number of hydrogen-bond acceptors (Lipinski definition) is 1. The van der Waals surface area contributed by atoms with Gasteiger partial charge in [-0.05, 0) is 40.5 Å². The Bertz CT molecular complexity index is 734. The number of alkyl halides is 1. The average molecular weight is 341 g/mol. The third kappa shape index (κ3) is 3.27. The Morgan fingerprint density at radius 3 is 2.33 bits per heavy atom. The molecule has 0 aromatic heterocycles. The van der Waals surface area contributed by atoms with E-state index in [4.69, 9.17) is 4.74 Å². The molecule has 1 unspecified atom stereocenters. The lowest BCUT2D eigenvalue weighted by Crippen LogP contribution is -1.95. The van der Waals surface area contributed by atoms with Gasteiger partial charge in [0.1, 0.15) is 5.75 Å². The van der Waals surface area contributed by atoms with Crippen molar-refractivity contribution in [3.05, 3.63) is 77.9 Å². The molecule has 0 saturated heterocycles. The molecule has 0 N–H and O–H groups in total. The maximum absolute atomic E-state index is 5.20. The van der Waals surface area contributed by atoms with Crippen LogP contribution in [0.3, 0.4) is 0 Å². The van der Waals surface area contributed by atoms with Gasteiger partial charge in [0, 0.05) is 4.83 Å². The van der Waals surface area contributed by atoms with Crippen LogP contribution in [0.1, 0.15) is 16.0 Å². The van der Waals surface area contributed by atoms with Crippen molar-refractivity contribution in [2.75, 3.05) is 7.11 Å². The van der Waals surface area contributed by atoms with Gasteiger partial charge in [-0.25, -0.2) is 0 Å². The smallest absolute Gasteiger partial charge is 0.118 e. The fraction of sp³-hybridized carbons (Fsp3) is 0.158. The van der Waals surface area contributed by atoms with Crippen LogP contribution >= 0.6 is 15.9 Å². The third-order valence-corrected chi connectivity index (χ3v) is 4.56. The maximum atomic E-state index is 5.20. The van der Waals surface area contributed by atoms with Crippen LogP contribution in [0.4, 0.5) is 0 Å². The van der Waals surface area contributed by atoms with Crippen molar-refractivity contribution < 1.29 is 4.74 Å². The van der Waals surface area contributed by atoms with Crippen molar-refractivity contribution in [2.24, 2.45) is 0 Å². The fourth-order valence-electron chi connectivity index (χ4n) is 2.49. The standard InChI is InChI=1S/C19H17BrO/c1-21-18-10-6-14(7-11-18)12-19(20)17-9-8-15-4-2-3-5-16(15)13-17/h2-11,13,19H,12H2,1H3. The van der Waals surface area contributed by atoms with Crippen LogP contribution in [-0.2, 0) is 6.42 Å². The van der Waals surface area contributed by atoms with Gasteiger partial charge < -0.3 is 4.74 Å². The highest BCUT2D eigenvalue weighted by Gasteiger charge is 2.09. The van der Waals surface area contributed by atoms with Gasteiger partial charge in [-0.1, -0.05) is 70.5 Å². The lowest BCUT2D eigenvalue weighted by Gasteiger charge is -2.12. The minimum Gasteiger partial charge on any atom is -0.497 e. The summed E-state index contributed by atoms with van der Waals surface area (Å²) in [7, 11) is 1.69. The van der Waals surface area contributed by atoms with Crippen molar-refractivity contribution in [3.8, 4) is 5.75 Å². The first kappa shape index (κ1) is 14.2. The van der Waals surface area contributed by atoms with Gasteiger partial charge in [0.2, 0.25) is 0 Å². The molecule has 1 atom stereocenters. The summed E-state index contributed by atoms with van der Waals surface area (Å²) in [4.78, 5) is 0.315. The number of methoxy groups -OCH3 is 1. The topological polar surface area (TPSA) is 9.23 Å². The number of fused-ring (bicyclic) bond motifs is 1. The van der Waals surface area contributed by atoms with Crippen molar-refractivity contribution >= 4 is 26.7 Å². The highest BCUT2D eigenvalue weighted by Crippen LogP contribution is 2.30. The minimum absolute atomic E-state index is 0.315. The second-order valence-electron chi connectivity index (χ2n) is 5.13. The Kier molecular flexibility index (Phi) is 4.26. The molecule has 3 aromatic rings. The van der Waals surface area contributed by atoms with E-state index in [-0.39, 0.29) is 0 Å². The predicted molar refractivity (Wildman–Crippen MR) is 92.3 cm³/mol. The molecule has 0 aliphatic rings. The summed E-state index contributed by atoms with van der Waals surface area (Å²) < 4.78 is 5.20. The zero-order valence-electron chi connectivity index (χ0n) is 11.9. The lowest BCUT2D eigenvalue weighted by molar-refractivity contribution is 0.414. The van der Waals surface area contributed by atoms with Gasteiger partial charge >= 0.3 is 0 Å². The number of hydrogen-bond donors (Lipinski definition) is 0. The van der Waals surface area contributed by atoms with Crippen molar-refractivity contribution in [1.29, 1.82) is 0 Å². The van der Waals surface area contributed by atoms with E-state index in [0.29, 0.717) is 4.83 Å². The van der Waals surface area contributed by atoms with Crippen molar-refractivity contribution in [2.45, 2.75) is 11.2 Å². The first-order valence-electron chi connectivity index (χ1n) is 7.02. The molecule has 0 aliphatic heterocycles. The molecular weight excluding hydrogens is 324 g/mol. The summed E-state index contributed by atoms with van der Waals surface area (Å²) in [6.45, 7) is 0. The maximum Gasteiger partial charge on any atom is 0.118 e. The van der Waals surface area contributed by atoms with E-state index >= 15 is 0 Å². The molecule has 0 radical (unpaired) electrons. The predicted octanol–water partition coefficient (Wildman–Crippen LogP) is 5.53. The van der Waals surface area contributed by atoms with E-state index in [9.17, 15) is 0 Å². The molecule has 0 heterocycles. The molecule has 0 saturated carbocycles. The molecular formula is C19H17BrO. The molecule has 3 rings (SSSR count). The quantitative estimate of drug-likeness (QED) is 0.567. The first-order chi connectivity index (χ1) is 10.3. The van der Waals surface area contributed by atoms with E-state index in [2.05, 4.69) is 70.5 Å². The largest absolute Gasteiger partial charge is 0.497 e. The molecule has 0 aliphatic carbocycles. The van der Waals surface area contributed by atoms with E-state index < -0.39 is 0 Å². The molecule has 0 spiro atoms. The Morgan fingerprint density at radius 2 is 1.62 bits per heavy atom. The summed E-state index contributed by atoms with van der Waals surface area (Å²) in [6.07, 6.45) is 0.961. The molecule has 21 heavy (non-hydrogen) atoms. The molecule has 0 amide bonds. The van der Waals surface area contributed by atoms with Gasteiger partial charge in [0.05, 0.1) is 7.11 Å². The summed E-state index contributed by atoms with van der Waals surface area (Å²) in [5.74, 6) is 0.899. The first-order valence-corrected chi connectivity index (χ1v) is 7.93. The highest BCUT2D eigenvalue weighted by atomic mass is 79.9. The van der Waals surface area contributed by atoms with Gasteiger partial charge in [-0.15, -0.1) is 0 Å². The van der Waals surface area contributed by atoms with Crippen LogP contribution in [0.25, 0.3) is 10.8 Å². The highest BCUT2D eigenvalue weighted by molar-refractivity contribution is 9.09. The molecule has 0 fully saturated rings. The molecule has 2 heteroatoms. The van der Waals surface area contributed by atoms with E-state index in [1.54, 1.807) is 7.11 Å². The lowest BCUT2D eigenvalue weighted by atomic mass is 10.0. The minimum atomic E-state index is 0.315. The average Bonchev–Trinajstić information content (AvgIpc) is 2.55. The van der Waals surface area contributed by atoms with Crippen molar-refractivity contribution in [3.63, 3.8) is 0 Å². The summed E-state index contributed by atoms with van der Waals surface area (Å²) in [6, 6.07) is 23.4. The molecule has 1 nitrogen and oxygen atoms in total. The summed E-state index contributed by atoms with van der Waals surface area (Å²) in [5, 5.41) is 2.57. The molecule has 3 aromatic carbocycles. The normalized spacial score (nSPS) is 12.3. The SMILES string of the molecule is COc1ccc(CC(Br)c2ccc3ccccc3c2)cc1.